The number of aromatic amines is 1. The van der Waals surface area contributed by atoms with Crippen molar-refractivity contribution in [2.45, 2.75) is 6.92 Å². The van der Waals surface area contributed by atoms with E-state index in [1.807, 2.05) is 43.6 Å². The van der Waals surface area contributed by atoms with Crippen molar-refractivity contribution in [2.24, 2.45) is 0 Å². The normalized spacial score (nSPS) is 11.1. The number of H-pyrrole nitrogens is 1. The van der Waals surface area contributed by atoms with Crippen LogP contribution in [0, 0.1) is 6.92 Å². The van der Waals surface area contributed by atoms with Crippen LogP contribution in [-0.2, 0) is 0 Å². The zero-order chi connectivity index (χ0) is 24.0. The Hall–Kier alpha value is -4.17. The molecule has 2 amide bonds. The molecule has 8 heteroatoms. The molecule has 5 aromatic rings. The topological polar surface area (TPSA) is 98.3 Å². The second kappa shape index (κ2) is 8.31. The number of aromatic hydroxyl groups is 1. The summed E-state index contributed by atoms with van der Waals surface area (Å²) in [6.45, 7) is 2.04. The Morgan fingerprint density at radius 1 is 1.09 bits per heavy atom. The molecular weight excluding hydrogens is 448 g/mol. The number of nitrogens with one attached hydrogen (secondary N) is 2. The lowest BCUT2D eigenvalue weighted by atomic mass is 10.0. The second-order valence-corrected chi connectivity index (χ2v) is 9.39. The number of pyridine rings is 1. The molecule has 34 heavy (non-hydrogen) atoms. The van der Waals surface area contributed by atoms with E-state index in [2.05, 4.69) is 21.4 Å². The van der Waals surface area contributed by atoms with Gasteiger partial charge >= 0.3 is 0 Å². The Kier molecular flexibility index (Phi) is 5.30. The van der Waals surface area contributed by atoms with Gasteiger partial charge in [0.05, 0.1) is 10.4 Å². The van der Waals surface area contributed by atoms with E-state index in [-0.39, 0.29) is 23.1 Å². The van der Waals surface area contributed by atoms with Crippen LogP contribution in [-0.4, -0.2) is 45.9 Å². The predicted octanol–water partition coefficient (Wildman–Crippen LogP) is 5.41. The van der Waals surface area contributed by atoms with Gasteiger partial charge in [0.1, 0.15) is 11.4 Å². The number of rotatable bonds is 4. The molecule has 0 atom stereocenters. The van der Waals surface area contributed by atoms with E-state index in [9.17, 15) is 14.7 Å². The Morgan fingerprint density at radius 2 is 1.91 bits per heavy atom. The van der Waals surface area contributed by atoms with Crippen LogP contribution in [0.25, 0.3) is 32.2 Å². The molecular formula is C26H22N4O3S. The third kappa shape index (κ3) is 3.78. The smallest absolute Gasteiger partial charge is 0.265 e. The third-order valence-corrected chi connectivity index (χ3v) is 6.82. The zero-order valence-corrected chi connectivity index (χ0v) is 19.7. The van der Waals surface area contributed by atoms with E-state index in [0.717, 1.165) is 37.8 Å². The van der Waals surface area contributed by atoms with Gasteiger partial charge in [0.15, 0.2) is 0 Å². The van der Waals surface area contributed by atoms with Crippen LogP contribution in [0.15, 0.2) is 60.9 Å². The van der Waals surface area contributed by atoms with E-state index in [4.69, 9.17) is 0 Å². The number of hydrogen-bond acceptors (Lipinski definition) is 5. The molecule has 0 aliphatic heterocycles. The quantitative estimate of drug-likeness (QED) is 0.306. The van der Waals surface area contributed by atoms with Crippen LogP contribution in [0.2, 0.25) is 0 Å². The molecule has 0 radical (unpaired) electrons. The van der Waals surface area contributed by atoms with Gasteiger partial charge in [-0.3, -0.25) is 9.59 Å². The molecule has 3 aromatic heterocycles. The summed E-state index contributed by atoms with van der Waals surface area (Å²) in [6.07, 6.45) is 3.78. The number of aryl methyl sites for hydroxylation is 1. The highest BCUT2D eigenvalue weighted by Crippen LogP contribution is 2.35. The lowest BCUT2D eigenvalue weighted by Crippen LogP contribution is -2.22. The summed E-state index contributed by atoms with van der Waals surface area (Å²) >= 11 is 1.40. The molecule has 0 fully saturated rings. The summed E-state index contributed by atoms with van der Waals surface area (Å²) in [7, 11) is 3.21. The highest BCUT2D eigenvalue weighted by molar-refractivity contribution is 7.21. The Bertz CT molecular complexity index is 1580. The number of amides is 2. The van der Waals surface area contributed by atoms with Gasteiger partial charge in [0, 0.05) is 53.2 Å². The van der Waals surface area contributed by atoms with Crippen molar-refractivity contribution in [1.82, 2.24) is 14.9 Å². The molecule has 0 aliphatic rings. The van der Waals surface area contributed by atoms with Crippen LogP contribution in [0.1, 0.15) is 25.6 Å². The number of phenolic OH excluding ortho intramolecular Hbond substituents is 1. The zero-order valence-electron chi connectivity index (χ0n) is 18.8. The third-order valence-electron chi connectivity index (χ3n) is 5.73. The predicted molar refractivity (Wildman–Crippen MR) is 136 cm³/mol. The SMILES string of the molecule is Cc1c[nH]c2ncc(-c3cccc4sc(C(=O)Nc5ccc(O)c(C(=O)N(C)C)c5)cc34)cc12. The van der Waals surface area contributed by atoms with Gasteiger partial charge in [-0.25, -0.2) is 4.98 Å². The summed E-state index contributed by atoms with van der Waals surface area (Å²) in [5, 5.41) is 14.9. The minimum absolute atomic E-state index is 0.129. The number of carbonyl (C=O) groups is 2. The maximum Gasteiger partial charge on any atom is 0.265 e. The number of nitrogens with zero attached hydrogens (tertiary/aromatic N) is 2. The van der Waals surface area contributed by atoms with Crippen molar-refractivity contribution < 1.29 is 14.7 Å². The van der Waals surface area contributed by atoms with Gasteiger partial charge in [-0.1, -0.05) is 12.1 Å². The number of fused-ring (bicyclic) bond motifs is 2. The van der Waals surface area contributed by atoms with Gasteiger partial charge in [-0.2, -0.15) is 0 Å². The van der Waals surface area contributed by atoms with Crippen molar-refractivity contribution in [3.05, 3.63) is 76.9 Å². The van der Waals surface area contributed by atoms with E-state index < -0.39 is 0 Å². The van der Waals surface area contributed by atoms with Crippen LogP contribution in [0.3, 0.4) is 0 Å². The van der Waals surface area contributed by atoms with Crippen molar-refractivity contribution in [2.75, 3.05) is 19.4 Å². The largest absolute Gasteiger partial charge is 0.507 e. The first-order valence-electron chi connectivity index (χ1n) is 10.6. The minimum Gasteiger partial charge on any atom is -0.507 e. The highest BCUT2D eigenvalue weighted by atomic mass is 32.1. The standard InChI is InChI=1S/C26H22N4O3S/c1-14-12-27-24-18(14)9-15(13-28-24)17-5-4-6-22-19(17)11-23(34-22)25(32)29-16-7-8-21(31)20(10-16)26(33)30(2)3/h4-13,31H,1-3H3,(H,27,28)(H,29,32). The number of aromatic nitrogens is 2. The van der Waals surface area contributed by atoms with Crippen LogP contribution >= 0.6 is 11.3 Å². The van der Waals surface area contributed by atoms with Gasteiger partial charge < -0.3 is 20.3 Å². The molecule has 0 aliphatic carbocycles. The van der Waals surface area contributed by atoms with Crippen molar-refractivity contribution >= 4 is 50.0 Å². The summed E-state index contributed by atoms with van der Waals surface area (Å²) in [4.78, 5) is 35.0. The fourth-order valence-electron chi connectivity index (χ4n) is 3.93. The van der Waals surface area contributed by atoms with Crippen LogP contribution in [0.4, 0.5) is 5.69 Å². The number of phenols is 1. The van der Waals surface area contributed by atoms with Crippen LogP contribution in [0.5, 0.6) is 5.75 Å². The molecule has 0 saturated heterocycles. The van der Waals surface area contributed by atoms with E-state index in [1.54, 1.807) is 20.2 Å². The summed E-state index contributed by atoms with van der Waals surface area (Å²) in [5.41, 5.74) is 4.53. The monoisotopic (exact) mass is 470 g/mol. The molecule has 0 saturated carbocycles. The molecule has 7 nitrogen and oxygen atoms in total. The van der Waals surface area contributed by atoms with E-state index in [0.29, 0.717) is 10.6 Å². The van der Waals surface area contributed by atoms with Crippen molar-refractivity contribution in [3.8, 4) is 16.9 Å². The van der Waals surface area contributed by atoms with Gasteiger partial charge in [0.2, 0.25) is 0 Å². The molecule has 3 heterocycles. The number of anilines is 1. The van der Waals surface area contributed by atoms with Crippen LogP contribution < -0.4 is 5.32 Å². The number of benzene rings is 2. The second-order valence-electron chi connectivity index (χ2n) is 8.31. The maximum absolute atomic E-state index is 13.0. The molecule has 170 valence electrons. The average molecular weight is 471 g/mol. The van der Waals surface area contributed by atoms with E-state index >= 15 is 0 Å². The van der Waals surface area contributed by atoms with Gasteiger partial charge in [0.25, 0.3) is 11.8 Å². The minimum atomic E-state index is -0.344. The highest BCUT2D eigenvalue weighted by Gasteiger charge is 2.17. The number of thiophene rings is 1. The van der Waals surface area contributed by atoms with Gasteiger partial charge in [-0.05, 0) is 54.4 Å². The first-order chi connectivity index (χ1) is 16.3. The summed E-state index contributed by atoms with van der Waals surface area (Å²) in [6, 6.07) is 14.4. The fourth-order valence-corrected chi connectivity index (χ4v) is 4.91. The molecule has 0 spiro atoms. The maximum atomic E-state index is 13.0. The first kappa shape index (κ1) is 21.7. The van der Waals surface area contributed by atoms with Crippen molar-refractivity contribution in [1.29, 1.82) is 0 Å². The Labute approximate surface area is 199 Å². The first-order valence-corrected chi connectivity index (χ1v) is 11.5. The molecule has 0 bridgehead atoms. The fraction of sp³-hybridized carbons (Fsp3) is 0.115. The average Bonchev–Trinajstić information content (AvgIpc) is 3.43. The van der Waals surface area contributed by atoms with Gasteiger partial charge in [-0.15, -0.1) is 11.3 Å². The Morgan fingerprint density at radius 3 is 2.71 bits per heavy atom. The lowest BCUT2D eigenvalue weighted by Gasteiger charge is -2.13. The summed E-state index contributed by atoms with van der Waals surface area (Å²) < 4.78 is 0.989. The van der Waals surface area contributed by atoms with Crippen molar-refractivity contribution in [3.63, 3.8) is 0 Å². The molecule has 3 N–H and O–H groups in total. The molecule has 2 aromatic carbocycles. The lowest BCUT2D eigenvalue weighted by molar-refractivity contribution is 0.0824. The molecule has 5 rings (SSSR count). The number of hydrogen-bond donors (Lipinski definition) is 3. The van der Waals surface area contributed by atoms with E-state index in [1.165, 1.54) is 28.4 Å². The summed E-state index contributed by atoms with van der Waals surface area (Å²) in [5.74, 6) is -0.758. The molecule has 0 unspecified atom stereocenters. The Balaban J connectivity index is 1.48. The number of carbonyl (C=O) groups excluding carboxylic acids is 2.